The van der Waals surface area contributed by atoms with E-state index >= 15 is 0 Å². The number of likely N-dealkylation sites (tertiary alicyclic amines) is 1. The molecule has 7 heteroatoms. The van der Waals surface area contributed by atoms with E-state index in [1.165, 1.54) is 0 Å². The average Bonchev–Trinajstić information content (AvgIpc) is 3.10. The van der Waals surface area contributed by atoms with Gasteiger partial charge < -0.3 is 19.6 Å². The predicted molar refractivity (Wildman–Crippen MR) is 135 cm³/mol. The number of benzene rings is 2. The Hall–Kier alpha value is -2.83. The zero-order valence-corrected chi connectivity index (χ0v) is 20.8. The minimum Gasteiger partial charge on any atom is -0.507 e. The lowest BCUT2D eigenvalue weighted by Gasteiger charge is -2.27. The Bertz CT molecular complexity index is 1010. The van der Waals surface area contributed by atoms with E-state index in [9.17, 15) is 14.7 Å². The van der Waals surface area contributed by atoms with Crippen LogP contribution in [-0.2, 0) is 9.59 Å². The van der Waals surface area contributed by atoms with E-state index in [0.717, 1.165) is 43.8 Å². The number of aliphatic hydroxyl groups is 1. The number of amides is 1. The Morgan fingerprint density at radius 3 is 2.26 bits per heavy atom. The van der Waals surface area contributed by atoms with E-state index in [1.807, 2.05) is 31.2 Å². The topological polar surface area (TPSA) is 70.1 Å². The van der Waals surface area contributed by atoms with Crippen molar-refractivity contribution in [1.29, 1.82) is 0 Å². The lowest BCUT2D eigenvalue weighted by Crippen LogP contribution is -2.33. The fourth-order valence-electron chi connectivity index (χ4n) is 4.19. The Morgan fingerprint density at radius 1 is 1.03 bits per heavy atom. The smallest absolute Gasteiger partial charge is 0.295 e. The lowest BCUT2D eigenvalue weighted by molar-refractivity contribution is -0.140. The molecule has 0 aliphatic carbocycles. The van der Waals surface area contributed by atoms with Crippen molar-refractivity contribution in [1.82, 2.24) is 9.80 Å². The van der Waals surface area contributed by atoms with Gasteiger partial charge in [0.25, 0.3) is 11.7 Å². The molecule has 1 aliphatic heterocycles. The van der Waals surface area contributed by atoms with Crippen molar-refractivity contribution < 1.29 is 19.4 Å². The molecule has 0 saturated carbocycles. The van der Waals surface area contributed by atoms with Crippen molar-refractivity contribution in [3.8, 4) is 5.75 Å². The molecule has 2 aromatic rings. The van der Waals surface area contributed by atoms with Crippen molar-refractivity contribution in [2.45, 2.75) is 39.7 Å². The fraction of sp³-hybridized carbons (Fsp3) is 0.407. The molecule has 0 spiro atoms. The van der Waals surface area contributed by atoms with E-state index < -0.39 is 17.7 Å². The highest BCUT2D eigenvalue weighted by Crippen LogP contribution is 2.40. The van der Waals surface area contributed by atoms with Crippen LogP contribution in [0.2, 0.25) is 5.02 Å². The molecule has 3 rings (SSSR count). The number of rotatable bonds is 11. The zero-order valence-electron chi connectivity index (χ0n) is 20.1. The average molecular weight is 485 g/mol. The van der Waals surface area contributed by atoms with Gasteiger partial charge in [0, 0.05) is 17.1 Å². The van der Waals surface area contributed by atoms with Gasteiger partial charge in [-0.05, 0) is 74.4 Å². The normalized spacial score (nSPS) is 17.6. The molecule has 182 valence electrons. The Balaban J connectivity index is 1.99. The summed E-state index contributed by atoms with van der Waals surface area (Å²) in [5.41, 5.74) is 1.29. The standard InChI is InChI=1S/C27H33ClN2O4/c1-4-18-34-22-14-10-19(11-15-22)24-23(25(31)20-8-12-21(28)13-9-20)26(32)27(33)30(24)17-7-16-29(5-2)6-3/h8-15,24,31H,4-7,16-18H2,1-3H3/b25-23+. The molecule has 1 N–H and O–H groups in total. The lowest BCUT2D eigenvalue weighted by atomic mass is 9.95. The van der Waals surface area contributed by atoms with Gasteiger partial charge in [-0.3, -0.25) is 9.59 Å². The molecule has 1 saturated heterocycles. The highest BCUT2D eigenvalue weighted by Gasteiger charge is 2.45. The van der Waals surface area contributed by atoms with Gasteiger partial charge in [0.1, 0.15) is 11.5 Å². The molecule has 34 heavy (non-hydrogen) atoms. The quantitative estimate of drug-likeness (QED) is 0.267. The third-order valence-electron chi connectivity index (χ3n) is 6.09. The highest BCUT2D eigenvalue weighted by molar-refractivity contribution is 6.46. The van der Waals surface area contributed by atoms with Crippen LogP contribution in [0.1, 0.15) is 50.8 Å². The maximum atomic E-state index is 13.1. The minimum absolute atomic E-state index is 0.0948. The van der Waals surface area contributed by atoms with Crippen LogP contribution in [-0.4, -0.2) is 59.4 Å². The molecule has 0 aromatic heterocycles. The van der Waals surface area contributed by atoms with Gasteiger partial charge in [-0.25, -0.2) is 0 Å². The second-order valence-corrected chi connectivity index (χ2v) is 8.73. The summed E-state index contributed by atoms with van der Waals surface area (Å²) in [7, 11) is 0. The fourth-order valence-corrected chi connectivity index (χ4v) is 4.32. The van der Waals surface area contributed by atoms with Crippen LogP contribution in [0.25, 0.3) is 5.76 Å². The van der Waals surface area contributed by atoms with Gasteiger partial charge in [-0.15, -0.1) is 0 Å². The summed E-state index contributed by atoms with van der Waals surface area (Å²) >= 11 is 5.99. The minimum atomic E-state index is -0.674. The number of Topliss-reactive ketones (excluding diaryl/α,β-unsaturated/α-hetero) is 1. The van der Waals surface area contributed by atoms with Crippen LogP contribution < -0.4 is 4.74 Å². The van der Waals surface area contributed by atoms with E-state index in [2.05, 4.69) is 18.7 Å². The first kappa shape index (κ1) is 25.8. The third-order valence-corrected chi connectivity index (χ3v) is 6.35. The molecule has 1 atom stereocenters. The molecule has 1 unspecified atom stereocenters. The van der Waals surface area contributed by atoms with Gasteiger partial charge in [0.15, 0.2) is 0 Å². The number of nitrogens with zero attached hydrogens (tertiary/aromatic N) is 2. The summed E-state index contributed by atoms with van der Waals surface area (Å²) in [5.74, 6) is -0.739. The Morgan fingerprint density at radius 2 is 1.68 bits per heavy atom. The van der Waals surface area contributed by atoms with E-state index in [-0.39, 0.29) is 11.3 Å². The summed E-state index contributed by atoms with van der Waals surface area (Å²) in [5, 5.41) is 11.6. The van der Waals surface area contributed by atoms with Gasteiger partial charge >= 0.3 is 0 Å². The highest BCUT2D eigenvalue weighted by atomic mass is 35.5. The maximum Gasteiger partial charge on any atom is 0.295 e. The van der Waals surface area contributed by atoms with Crippen LogP contribution in [0.4, 0.5) is 0 Å². The molecule has 1 aliphatic rings. The van der Waals surface area contributed by atoms with Gasteiger partial charge in [0.2, 0.25) is 0 Å². The molecule has 2 aromatic carbocycles. The first-order chi connectivity index (χ1) is 16.4. The number of ketones is 1. The van der Waals surface area contributed by atoms with Crippen LogP contribution >= 0.6 is 11.6 Å². The first-order valence-electron chi connectivity index (χ1n) is 11.9. The molecular weight excluding hydrogens is 452 g/mol. The summed E-state index contributed by atoms with van der Waals surface area (Å²) < 4.78 is 5.69. The second kappa shape index (κ2) is 12.0. The number of ether oxygens (including phenoxy) is 1. The molecule has 0 radical (unpaired) electrons. The largest absolute Gasteiger partial charge is 0.507 e. The first-order valence-corrected chi connectivity index (χ1v) is 12.3. The Kier molecular flexibility index (Phi) is 9.13. The number of aliphatic hydroxyl groups excluding tert-OH is 1. The second-order valence-electron chi connectivity index (χ2n) is 8.30. The molecular formula is C27H33ClN2O4. The van der Waals surface area contributed by atoms with Crippen molar-refractivity contribution in [2.24, 2.45) is 0 Å². The summed E-state index contributed by atoms with van der Waals surface area (Å²) in [4.78, 5) is 30.1. The summed E-state index contributed by atoms with van der Waals surface area (Å²) in [6.07, 6.45) is 1.62. The van der Waals surface area contributed by atoms with Gasteiger partial charge in [-0.1, -0.05) is 44.5 Å². The monoisotopic (exact) mass is 484 g/mol. The van der Waals surface area contributed by atoms with E-state index in [1.54, 1.807) is 29.2 Å². The summed E-state index contributed by atoms with van der Waals surface area (Å²) in [6, 6.07) is 13.3. The van der Waals surface area contributed by atoms with Crippen molar-refractivity contribution in [3.05, 3.63) is 70.3 Å². The van der Waals surface area contributed by atoms with Crippen LogP contribution in [0, 0.1) is 0 Å². The number of hydrogen-bond acceptors (Lipinski definition) is 5. The number of carbonyl (C=O) groups is 2. The molecule has 1 amide bonds. The zero-order chi connectivity index (χ0) is 24.7. The van der Waals surface area contributed by atoms with Crippen LogP contribution in [0.15, 0.2) is 54.1 Å². The number of halogens is 1. The molecule has 0 bridgehead atoms. The SMILES string of the molecule is CCCOc1ccc(C2/C(=C(\O)c3ccc(Cl)cc3)C(=O)C(=O)N2CCCN(CC)CC)cc1. The van der Waals surface area contributed by atoms with E-state index in [0.29, 0.717) is 23.7 Å². The van der Waals surface area contributed by atoms with Gasteiger partial charge in [0.05, 0.1) is 18.2 Å². The van der Waals surface area contributed by atoms with E-state index in [4.69, 9.17) is 16.3 Å². The third kappa shape index (κ3) is 5.80. The number of hydrogen-bond donors (Lipinski definition) is 1. The van der Waals surface area contributed by atoms with Crippen molar-refractivity contribution in [3.63, 3.8) is 0 Å². The Labute approximate surface area is 206 Å². The van der Waals surface area contributed by atoms with Crippen molar-refractivity contribution >= 4 is 29.1 Å². The predicted octanol–water partition coefficient (Wildman–Crippen LogP) is 5.28. The maximum absolute atomic E-state index is 13.1. The molecule has 1 heterocycles. The van der Waals surface area contributed by atoms with Gasteiger partial charge in [-0.2, -0.15) is 0 Å². The van der Waals surface area contributed by atoms with Crippen LogP contribution in [0.5, 0.6) is 5.75 Å². The number of carbonyl (C=O) groups excluding carboxylic acids is 2. The summed E-state index contributed by atoms with van der Waals surface area (Å²) in [6.45, 7) is 9.94. The molecule has 6 nitrogen and oxygen atoms in total. The van der Waals surface area contributed by atoms with Crippen molar-refractivity contribution in [2.75, 3.05) is 32.8 Å². The molecule has 1 fully saturated rings. The van der Waals surface area contributed by atoms with Crippen LogP contribution in [0.3, 0.4) is 0 Å².